The molecule has 3 nitrogen and oxygen atoms in total. The highest BCUT2D eigenvalue weighted by Crippen LogP contribution is 2.35. The van der Waals surface area contributed by atoms with Crippen molar-refractivity contribution in [2.24, 2.45) is 5.92 Å². The summed E-state index contributed by atoms with van der Waals surface area (Å²) in [5.74, 6) is -0.604. The summed E-state index contributed by atoms with van der Waals surface area (Å²) in [6, 6.07) is 13.8. The molecule has 2 aromatic rings. The van der Waals surface area contributed by atoms with E-state index in [4.69, 9.17) is 0 Å². The van der Waals surface area contributed by atoms with Gasteiger partial charge in [-0.25, -0.2) is 0 Å². The maximum Gasteiger partial charge on any atom is 0.183 e. The number of fused-ring (bicyclic) bond motifs is 2. The van der Waals surface area contributed by atoms with Crippen LogP contribution in [-0.4, -0.2) is 22.2 Å². The molecule has 4 rings (SSSR count). The monoisotopic (exact) mass is 389 g/mol. The second-order valence-corrected chi connectivity index (χ2v) is 9.42. The minimum absolute atomic E-state index is 0.0398. The van der Waals surface area contributed by atoms with Crippen LogP contribution in [0.15, 0.2) is 76.1 Å². The van der Waals surface area contributed by atoms with Gasteiger partial charge in [0, 0.05) is 11.1 Å². The van der Waals surface area contributed by atoms with Gasteiger partial charge >= 0.3 is 0 Å². The van der Waals surface area contributed by atoms with E-state index in [1.54, 1.807) is 12.1 Å². The molecule has 2 unspecified atom stereocenters. The molecule has 1 heterocycles. The summed E-state index contributed by atoms with van der Waals surface area (Å²) < 4.78 is 0. The van der Waals surface area contributed by atoms with Crippen molar-refractivity contribution in [3.8, 4) is 0 Å². The van der Waals surface area contributed by atoms with Gasteiger partial charge in [-0.2, -0.15) is 0 Å². The molecule has 0 radical (unpaired) electrons. The minimum atomic E-state index is -0.907. The maximum atomic E-state index is 13.3. The average Bonchev–Trinajstić information content (AvgIpc) is 2.69. The zero-order chi connectivity index (χ0) is 20.0. The summed E-state index contributed by atoms with van der Waals surface area (Å²) in [5, 5.41) is 0. The van der Waals surface area contributed by atoms with Crippen molar-refractivity contribution in [1.29, 1.82) is 0 Å². The first-order valence-corrected chi connectivity index (χ1v) is 10.5. The van der Waals surface area contributed by atoms with Gasteiger partial charge < -0.3 is 0 Å². The zero-order valence-corrected chi connectivity index (χ0v) is 16.9. The fraction of sp³-hybridized carbons (Fsp3) is 0.167. The standard InChI is InChI=1S/C24H20O3S/c1-14-4-8-19(9-5-14)28-22-10-6-17(15(2)25)12-20(22)24(27)21-13-18(16(3)26)7-11-23(21)28/h4-13,20H,1-3H3/p+1. The Balaban J connectivity index is 2.01. The molecule has 0 fully saturated rings. The molecule has 0 spiro atoms. The third-order valence-corrected chi connectivity index (χ3v) is 7.88. The van der Waals surface area contributed by atoms with Crippen molar-refractivity contribution in [2.75, 3.05) is 0 Å². The molecule has 0 saturated heterocycles. The van der Waals surface area contributed by atoms with Crippen LogP contribution in [0.4, 0.5) is 0 Å². The summed E-state index contributed by atoms with van der Waals surface area (Å²) in [6.07, 6.45) is 5.56. The van der Waals surface area contributed by atoms with Crippen LogP contribution in [-0.2, 0) is 15.3 Å². The van der Waals surface area contributed by atoms with Crippen molar-refractivity contribution >= 4 is 32.7 Å². The van der Waals surface area contributed by atoms with Crippen LogP contribution in [0.5, 0.6) is 0 Å². The van der Waals surface area contributed by atoms with Crippen molar-refractivity contribution < 1.29 is 14.4 Å². The Morgan fingerprint density at radius 2 is 1.64 bits per heavy atom. The van der Waals surface area contributed by atoms with Gasteiger partial charge in [0.05, 0.1) is 5.56 Å². The van der Waals surface area contributed by atoms with Crippen molar-refractivity contribution in [3.05, 3.63) is 83.0 Å². The highest BCUT2D eigenvalue weighted by atomic mass is 32.2. The van der Waals surface area contributed by atoms with E-state index in [2.05, 4.69) is 24.3 Å². The van der Waals surface area contributed by atoms with Crippen LogP contribution in [0.1, 0.15) is 40.1 Å². The van der Waals surface area contributed by atoms with E-state index >= 15 is 0 Å². The van der Waals surface area contributed by atoms with Gasteiger partial charge in [-0.15, -0.1) is 0 Å². The fourth-order valence-electron chi connectivity index (χ4n) is 3.69. The maximum absolute atomic E-state index is 13.3. The van der Waals surface area contributed by atoms with Crippen molar-refractivity contribution in [3.63, 3.8) is 0 Å². The van der Waals surface area contributed by atoms with Crippen LogP contribution in [0.25, 0.3) is 0 Å². The summed E-state index contributed by atoms with van der Waals surface area (Å²) >= 11 is 0. The van der Waals surface area contributed by atoms with E-state index in [1.165, 1.54) is 19.4 Å². The zero-order valence-electron chi connectivity index (χ0n) is 16.0. The van der Waals surface area contributed by atoms with Gasteiger partial charge in [0.1, 0.15) is 20.6 Å². The van der Waals surface area contributed by atoms with E-state index in [1.807, 2.05) is 31.2 Å². The molecule has 0 N–H and O–H groups in total. The summed E-state index contributed by atoms with van der Waals surface area (Å²) in [7, 11) is -0.907. The van der Waals surface area contributed by atoms with E-state index in [9.17, 15) is 14.4 Å². The number of hydrogen-bond donors (Lipinski definition) is 0. The second kappa shape index (κ2) is 6.95. The van der Waals surface area contributed by atoms with E-state index in [0.717, 1.165) is 14.7 Å². The Kier molecular flexibility index (Phi) is 4.60. The summed E-state index contributed by atoms with van der Waals surface area (Å²) in [5.41, 5.74) is 2.88. The minimum Gasteiger partial charge on any atom is -0.295 e. The van der Waals surface area contributed by atoms with Gasteiger partial charge in [0.2, 0.25) is 0 Å². The second-order valence-electron chi connectivity index (χ2n) is 7.24. The lowest BCUT2D eigenvalue weighted by molar-refractivity contribution is -0.113. The lowest BCUT2D eigenvalue weighted by Gasteiger charge is -2.25. The topological polar surface area (TPSA) is 51.2 Å². The Bertz CT molecular complexity index is 1130. The predicted octanol–water partition coefficient (Wildman–Crippen LogP) is 4.04. The number of hydrogen-bond acceptors (Lipinski definition) is 3. The van der Waals surface area contributed by atoms with E-state index in [0.29, 0.717) is 16.7 Å². The van der Waals surface area contributed by atoms with Crippen LogP contribution in [0.2, 0.25) is 0 Å². The number of rotatable bonds is 3. The Hall–Kier alpha value is -2.85. The first-order valence-electron chi connectivity index (χ1n) is 9.20. The number of allylic oxidation sites excluding steroid dienone is 4. The summed E-state index contributed by atoms with van der Waals surface area (Å²) in [6.45, 7) is 5.07. The highest BCUT2D eigenvalue weighted by Gasteiger charge is 2.39. The molecule has 28 heavy (non-hydrogen) atoms. The molecule has 1 aliphatic carbocycles. The summed E-state index contributed by atoms with van der Waals surface area (Å²) in [4.78, 5) is 40.2. The quantitative estimate of drug-likeness (QED) is 0.345. The molecule has 1 aliphatic heterocycles. The Labute approximate surface area is 166 Å². The predicted molar refractivity (Wildman–Crippen MR) is 114 cm³/mol. The number of carbonyl (C=O) groups excluding carboxylic acids is 3. The molecule has 0 saturated carbocycles. The SMILES string of the molecule is CC(=O)C1=CC2C(=O)c3cc(C(C)=O)ccc3[SH+](c3ccc(C)cc3)=C2C=C1. The molecule has 0 aromatic heterocycles. The van der Waals surface area contributed by atoms with Gasteiger partial charge in [0.25, 0.3) is 0 Å². The first-order chi connectivity index (χ1) is 13.4. The van der Waals surface area contributed by atoms with E-state index < -0.39 is 16.4 Å². The van der Waals surface area contributed by atoms with Crippen LogP contribution >= 0.6 is 0 Å². The van der Waals surface area contributed by atoms with Gasteiger partial charge in [-0.1, -0.05) is 34.3 Å². The molecule has 140 valence electrons. The number of ketones is 3. The van der Waals surface area contributed by atoms with Gasteiger partial charge in [-0.05, 0) is 63.3 Å². The van der Waals surface area contributed by atoms with Gasteiger partial charge in [-0.3, -0.25) is 14.4 Å². The van der Waals surface area contributed by atoms with Crippen LogP contribution < -0.4 is 0 Å². The van der Waals surface area contributed by atoms with Crippen LogP contribution in [0.3, 0.4) is 0 Å². The first kappa shape index (κ1) is 18.5. The lowest BCUT2D eigenvalue weighted by atomic mass is 9.87. The van der Waals surface area contributed by atoms with Crippen molar-refractivity contribution in [1.82, 2.24) is 0 Å². The van der Waals surface area contributed by atoms with E-state index in [-0.39, 0.29) is 17.3 Å². The third-order valence-electron chi connectivity index (χ3n) is 5.25. The van der Waals surface area contributed by atoms with Crippen molar-refractivity contribution in [2.45, 2.75) is 30.6 Å². The molecule has 2 atom stereocenters. The highest BCUT2D eigenvalue weighted by molar-refractivity contribution is 7.97. The molecular formula is C24H21O3S+. The Morgan fingerprint density at radius 1 is 0.929 bits per heavy atom. The smallest absolute Gasteiger partial charge is 0.183 e. The number of benzene rings is 2. The third kappa shape index (κ3) is 3.04. The average molecular weight is 389 g/mol. The largest absolute Gasteiger partial charge is 0.295 e. The number of aryl methyl sites for hydroxylation is 1. The molecular weight excluding hydrogens is 368 g/mol. The fourth-order valence-corrected chi connectivity index (χ4v) is 6.33. The molecule has 2 aliphatic rings. The lowest BCUT2D eigenvalue weighted by Crippen LogP contribution is -2.33. The normalized spacial score (nSPS) is 20.3. The number of carbonyl (C=O) groups is 3. The molecule has 0 bridgehead atoms. The number of thiol groups is 1. The molecule has 2 aromatic carbocycles. The molecule has 0 amide bonds. The molecule has 4 heteroatoms. The van der Waals surface area contributed by atoms with Gasteiger partial charge in [0.15, 0.2) is 17.3 Å². The number of Topliss-reactive ketones (excluding diaryl/α,β-unsaturated/α-hetero) is 3. The Morgan fingerprint density at radius 3 is 2.29 bits per heavy atom. The van der Waals surface area contributed by atoms with Crippen LogP contribution in [0, 0.1) is 12.8 Å².